The van der Waals surface area contributed by atoms with Gasteiger partial charge in [0.25, 0.3) is 0 Å². The van der Waals surface area contributed by atoms with Crippen molar-refractivity contribution in [2.45, 2.75) is 19.6 Å². The molecule has 0 spiro atoms. The van der Waals surface area contributed by atoms with Gasteiger partial charge < -0.3 is 0 Å². The Morgan fingerprint density at radius 1 is 0.370 bits per heavy atom. The molecule has 1 nitrogen and oxygen atoms in total. The van der Waals surface area contributed by atoms with E-state index < -0.39 is 15.8 Å². The second-order valence-corrected chi connectivity index (χ2v) is 17.6. The topological polar surface area (TPSA) is 19.9 Å². The summed E-state index contributed by atoms with van der Waals surface area (Å²) in [5.41, 5.74) is 0. The van der Waals surface area contributed by atoms with Crippen LogP contribution in [-0.4, -0.2) is 8.80 Å². The van der Waals surface area contributed by atoms with E-state index in [1.807, 2.05) is 17.3 Å². The molecule has 0 aliphatic carbocycles. The van der Waals surface area contributed by atoms with E-state index in [0.29, 0.717) is 0 Å². The van der Waals surface area contributed by atoms with Gasteiger partial charge in [0.05, 0.1) is 0 Å². The maximum Gasteiger partial charge on any atom is -0.0134 e. The summed E-state index contributed by atoms with van der Waals surface area (Å²) in [5.74, 6) is 0. The van der Waals surface area contributed by atoms with Crippen LogP contribution in [0.5, 0.6) is 0 Å². The molecule has 6 aromatic rings. The predicted molar refractivity (Wildman–Crippen MR) is 203 cm³/mol. The summed E-state index contributed by atoms with van der Waals surface area (Å²) in [5, 5.41) is 8.39. The van der Waals surface area contributed by atoms with Gasteiger partial charge in [0.15, 0.2) is 0 Å². The van der Waals surface area contributed by atoms with Gasteiger partial charge in [-0.1, -0.05) is 202 Å². The van der Waals surface area contributed by atoms with Gasteiger partial charge in [0, 0.05) is 8.80 Å². The van der Waals surface area contributed by atoms with Crippen LogP contribution in [0.25, 0.3) is 0 Å². The molecule has 0 saturated carbocycles. The van der Waals surface area contributed by atoms with Crippen molar-refractivity contribution in [3.63, 3.8) is 0 Å². The Labute approximate surface area is 294 Å². The molecule has 0 aromatic heterocycles. The minimum atomic E-state index is -0.446. The zero-order valence-corrected chi connectivity index (χ0v) is 31.6. The van der Waals surface area contributed by atoms with Crippen LogP contribution in [-0.2, 0) is 22.0 Å². The number of halogens is 1. The molecule has 0 aliphatic heterocycles. The maximum absolute atomic E-state index is 7.50. The summed E-state index contributed by atoms with van der Waals surface area (Å²) in [6.07, 6.45) is 0. The average Bonchev–Trinajstić information content (AvgIpc) is 3.13. The van der Waals surface area contributed by atoms with Crippen molar-refractivity contribution in [2.75, 3.05) is 0 Å². The van der Waals surface area contributed by atoms with Gasteiger partial charge in [0.1, 0.15) is 0 Å². The molecule has 0 heterocycles. The number of rotatable bonds is 6. The second kappa shape index (κ2) is 24.3. The predicted octanol–water partition coefficient (Wildman–Crippen LogP) is 8.91. The number of hydrogen-bond donors (Lipinski definition) is 0. The fraction of sp³-hybridized carbons (Fsp3) is 0.0750. The Morgan fingerprint density at radius 2 is 0.478 bits per heavy atom. The van der Waals surface area contributed by atoms with Gasteiger partial charge in [-0.25, -0.2) is 0 Å². The largest absolute Gasteiger partial charge is 0.0622 e. The standard InChI is InChI=1S/2C18H15P.C3H9Si.CO.ClH.Ru/c2*1-4-10-16(11-5-1)19(17-12-6-2-7-13-17)18-14-8-3-9-15-18;1-4(2)3;1-2;;/h2*1-15H;1-3H3;;1H;/q;;;;;+1/p-1. The van der Waals surface area contributed by atoms with Crippen LogP contribution in [0.15, 0.2) is 182 Å². The molecule has 6 aromatic carbocycles. The van der Waals surface area contributed by atoms with E-state index in [2.05, 4.69) is 218 Å². The fourth-order valence-electron chi connectivity index (χ4n) is 4.36. The zero-order valence-electron chi connectivity index (χ0n) is 26.4. The molecule has 0 bridgehead atoms. The third-order valence-corrected chi connectivity index (χ3v) is 11.0. The quantitative estimate of drug-likeness (QED) is 0.0700. The molecule has 0 saturated heterocycles. The van der Waals surface area contributed by atoms with Gasteiger partial charge in [-0.2, -0.15) is 0 Å². The molecule has 1 radical (unpaired) electrons. The fourth-order valence-corrected chi connectivity index (χ4v) is 8.97. The Kier molecular flexibility index (Phi) is 20.7. The number of benzene rings is 6. The van der Waals surface area contributed by atoms with Gasteiger partial charge in [-0.15, -0.1) is 0 Å². The summed E-state index contributed by atoms with van der Waals surface area (Å²) in [4.78, 5) is 0. The van der Waals surface area contributed by atoms with Gasteiger partial charge in [-0.3, -0.25) is 0 Å². The van der Waals surface area contributed by atoms with Crippen LogP contribution in [0.2, 0.25) is 19.6 Å². The summed E-state index contributed by atoms with van der Waals surface area (Å²) in [7, 11) is 3.80. The van der Waals surface area contributed by atoms with Crippen molar-refractivity contribution < 1.29 is 22.0 Å². The zero-order chi connectivity index (χ0) is 33.4. The summed E-state index contributed by atoms with van der Waals surface area (Å²) < 4.78 is 7.50. The maximum atomic E-state index is 7.50. The first-order chi connectivity index (χ1) is 22.6. The van der Waals surface area contributed by atoms with E-state index in [-0.39, 0.29) is 8.80 Å². The van der Waals surface area contributed by atoms with Crippen LogP contribution in [0, 0.1) is 6.65 Å². The normalized spacial score (nSPS) is 9.70. The van der Waals surface area contributed by atoms with Gasteiger partial charge in [-0.05, 0) is 47.7 Å². The third kappa shape index (κ3) is 13.8. The van der Waals surface area contributed by atoms with Crippen molar-refractivity contribution in [3.8, 4) is 0 Å². The minimum Gasteiger partial charge on any atom is -0.0622 e. The van der Waals surface area contributed by atoms with E-state index in [9.17, 15) is 0 Å². The summed E-state index contributed by atoms with van der Waals surface area (Å²) in [6.45, 7) is 11.3. The molecule has 0 N–H and O–H groups in total. The van der Waals surface area contributed by atoms with Gasteiger partial charge in [0.2, 0.25) is 0 Å². The van der Waals surface area contributed by atoms with Crippen LogP contribution < -0.4 is 31.8 Å². The molecular weight excluding hydrogens is 723 g/mol. The molecule has 0 atom stereocenters. The second-order valence-electron chi connectivity index (χ2n) is 10.2. The molecule has 234 valence electrons. The van der Waals surface area contributed by atoms with Gasteiger partial charge >= 0.3 is 38.3 Å². The summed E-state index contributed by atoms with van der Waals surface area (Å²) >= 11 is 1.82. The molecule has 0 amide bonds. The van der Waals surface area contributed by atoms with E-state index in [0.717, 1.165) is 0 Å². The Balaban J connectivity index is 0.000000262. The van der Waals surface area contributed by atoms with Crippen LogP contribution in [0.3, 0.4) is 0 Å². The summed E-state index contributed by atoms with van der Waals surface area (Å²) in [6, 6.07) is 64.7. The molecule has 0 fully saturated rings. The van der Waals surface area contributed by atoms with Crippen LogP contribution in [0.1, 0.15) is 0 Å². The molecule has 6 rings (SSSR count). The van der Waals surface area contributed by atoms with E-state index in [1.165, 1.54) is 31.8 Å². The Hall–Kier alpha value is -2.95. The average molecular weight is 762 g/mol. The van der Waals surface area contributed by atoms with Crippen molar-refractivity contribution in [1.82, 2.24) is 0 Å². The Morgan fingerprint density at radius 3 is 0.587 bits per heavy atom. The first-order valence-corrected chi connectivity index (χ1v) is 22.6. The van der Waals surface area contributed by atoms with Crippen molar-refractivity contribution in [2.24, 2.45) is 0 Å². The van der Waals surface area contributed by atoms with E-state index in [4.69, 9.17) is 4.65 Å². The molecule has 6 heteroatoms. The first kappa shape index (κ1) is 39.2. The third-order valence-electron chi connectivity index (χ3n) is 6.09. The van der Waals surface area contributed by atoms with Crippen molar-refractivity contribution >= 4 is 66.2 Å². The van der Waals surface area contributed by atoms with E-state index >= 15 is 0 Å². The van der Waals surface area contributed by atoms with Crippen molar-refractivity contribution in [3.05, 3.63) is 189 Å². The Bertz CT molecular complexity index is 1280. The monoisotopic (exact) mass is 762 g/mol. The minimum absolute atomic E-state index is 0.120. The van der Waals surface area contributed by atoms with Crippen LogP contribution >= 0.6 is 25.5 Å². The number of hydrogen-bond acceptors (Lipinski definition) is 0. The SMILES string of the molecule is C[Si](C)C.[C-]#[O+].[Cl][Ru].c1ccc(P(c2ccccc2)c2ccccc2)cc1.c1ccc(P(c2ccccc2)c2ccccc2)cc1. The molecule has 0 aliphatic rings. The molecule has 46 heavy (non-hydrogen) atoms. The smallest absolute Gasteiger partial charge is 0.0134 e. The molecule has 0 unspecified atom stereocenters. The molecular formula is C40H39ClOP2RuSi. The van der Waals surface area contributed by atoms with Crippen LogP contribution in [0.4, 0.5) is 0 Å². The first-order valence-electron chi connectivity index (χ1n) is 14.6. The van der Waals surface area contributed by atoms with Crippen molar-refractivity contribution in [1.29, 1.82) is 0 Å². The van der Waals surface area contributed by atoms with E-state index in [1.54, 1.807) is 0 Å².